The van der Waals surface area contributed by atoms with Crippen molar-refractivity contribution >= 4 is 23.6 Å². The molecule has 1 fully saturated rings. The van der Waals surface area contributed by atoms with Gasteiger partial charge in [0.05, 0.1) is 5.41 Å². The second-order valence-corrected chi connectivity index (χ2v) is 10.2. The van der Waals surface area contributed by atoms with Crippen molar-refractivity contribution in [2.24, 2.45) is 0 Å². The summed E-state index contributed by atoms with van der Waals surface area (Å²) in [6.45, 7) is 6.44. The summed E-state index contributed by atoms with van der Waals surface area (Å²) in [5.41, 5.74) is 2.98. The molecule has 172 valence electrons. The molecule has 3 aliphatic rings. The van der Waals surface area contributed by atoms with Crippen molar-refractivity contribution in [2.45, 2.75) is 57.1 Å². The van der Waals surface area contributed by atoms with Gasteiger partial charge in [-0.25, -0.2) is 4.79 Å². The minimum Gasteiger partial charge on any atom is -0.444 e. The highest BCUT2D eigenvalue weighted by atomic mass is 16.6. The number of nitrogens with one attached hydrogen (secondary N) is 2. The smallest absolute Gasteiger partial charge is 0.410 e. The fourth-order valence-corrected chi connectivity index (χ4v) is 5.04. The Labute approximate surface area is 192 Å². The summed E-state index contributed by atoms with van der Waals surface area (Å²) in [7, 11) is 0. The molecule has 2 aliphatic heterocycles. The third-order valence-electron chi connectivity index (χ3n) is 6.60. The van der Waals surface area contributed by atoms with E-state index in [4.69, 9.17) is 4.74 Å². The van der Waals surface area contributed by atoms with Gasteiger partial charge in [-0.2, -0.15) is 0 Å². The van der Waals surface area contributed by atoms with Crippen LogP contribution >= 0.6 is 0 Å². The molecular formula is C25H28N4O4. The number of fused-ring (bicyclic) bond motifs is 3. The number of rotatable bonds is 2. The molecule has 8 nitrogen and oxygen atoms in total. The molecule has 3 amide bonds. The number of pyridine rings is 1. The zero-order valence-electron chi connectivity index (χ0n) is 19.1. The Hall–Kier alpha value is -3.42. The van der Waals surface area contributed by atoms with E-state index in [1.54, 1.807) is 17.2 Å². The van der Waals surface area contributed by atoms with Crippen LogP contribution in [0.1, 0.15) is 54.4 Å². The van der Waals surface area contributed by atoms with E-state index in [0.717, 1.165) is 22.4 Å². The quantitative estimate of drug-likeness (QED) is 0.736. The van der Waals surface area contributed by atoms with E-state index >= 15 is 0 Å². The number of ether oxygens (including phenoxy) is 1. The third kappa shape index (κ3) is 3.83. The number of carbonyl (C=O) groups is 3. The van der Waals surface area contributed by atoms with E-state index in [1.807, 2.05) is 45.0 Å². The number of para-hydroxylation sites is 1. The first-order chi connectivity index (χ1) is 15.6. The van der Waals surface area contributed by atoms with Gasteiger partial charge < -0.3 is 20.3 Å². The van der Waals surface area contributed by atoms with Crippen LogP contribution in [-0.2, 0) is 27.8 Å². The summed E-state index contributed by atoms with van der Waals surface area (Å²) in [6.07, 6.45) is 3.14. The Morgan fingerprint density at radius 3 is 2.76 bits per heavy atom. The molecule has 0 bridgehead atoms. The highest BCUT2D eigenvalue weighted by Crippen LogP contribution is 2.47. The zero-order valence-corrected chi connectivity index (χ0v) is 19.1. The Morgan fingerprint density at radius 1 is 1.21 bits per heavy atom. The monoisotopic (exact) mass is 448 g/mol. The number of anilines is 1. The summed E-state index contributed by atoms with van der Waals surface area (Å²) in [6, 6.07) is 9.43. The Morgan fingerprint density at radius 2 is 1.97 bits per heavy atom. The van der Waals surface area contributed by atoms with Crippen molar-refractivity contribution in [1.82, 2.24) is 15.2 Å². The first kappa shape index (κ1) is 21.4. The van der Waals surface area contributed by atoms with Crippen LogP contribution in [0.15, 0.2) is 36.5 Å². The summed E-state index contributed by atoms with van der Waals surface area (Å²) in [5.74, 6) is -0.273. The van der Waals surface area contributed by atoms with E-state index in [-0.39, 0.29) is 23.9 Å². The van der Waals surface area contributed by atoms with Crippen LogP contribution in [0, 0.1) is 0 Å². The second kappa shape index (κ2) is 7.57. The lowest BCUT2D eigenvalue weighted by molar-refractivity contribution is -0.120. The van der Waals surface area contributed by atoms with Gasteiger partial charge in [-0.15, -0.1) is 0 Å². The number of aromatic nitrogens is 1. The van der Waals surface area contributed by atoms with E-state index in [2.05, 4.69) is 15.6 Å². The number of amides is 3. The summed E-state index contributed by atoms with van der Waals surface area (Å²) < 4.78 is 5.42. The average molecular weight is 449 g/mol. The molecule has 33 heavy (non-hydrogen) atoms. The van der Waals surface area contributed by atoms with Crippen LogP contribution in [0.25, 0.3) is 0 Å². The van der Waals surface area contributed by atoms with Crippen LogP contribution in [0.5, 0.6) is 0 Å². The largest absolute Gasteiger partial charge is 0.444 e. The van der Waals surface area contributed by atoms with Gasteiger partial charge in [-0.05, 0) is 68.9 Å². The van der Waals surface area contributed by atoms with Crippen molar-refractivity contribution in [3.63, 3.8) is 0 Å². The molecular weight excluding hydrogens is 420 g/mol. The maximum atomic E-state index is 12.9. The number of nitrogens with zero attached hydrogens (tertiary/aromatic N) is 2. The van der Waals surface area contributed by atoms with Gasteiger partial charge in [-0.3, -0.25) is 14.6 Å². The molecule has 8 heteroatoms. The van der Waals surface area contributed by atoms with Crippen molar-refractivity contribution in [2.75, 3.05) is 18.4 Å². The highest BCUT2D eigenvalue weighted by Gasteiger charge is 2.50. The van der Waals surface area contributed by atoms with Crippen LogP contribution in [0.2, 0.25) is 0 Å². The number of carbonyl (C=O) groups excluding carboxylic acids is 3. The van der Waals surface area contributed by atoms with Crippen molar-refractivity contribution in [1.29, 1.82) is 0 Å². The second-order valence-electron chi connectivity index (χ2n) is 10.2. The Bertz CT molecular complexity index is 1160. The van der Waals surface area contributed by atoms with Crippen molar-refractivity contribution < 1.29 is 19.1 Å². The minimum absolute atomic E-state index is 0.000841. The molecule has 2 aromatic rings. The number of likely N-dealkylation sites (tertiary alicyclic amines) is 1. The summed E-state index contributed by atoms with van der Waals surface area (Å²) >= 11 is 0. The van der Waals surface area contributed by atoms with Crippen LogP contribution in [-0.4, -0.2) is 52.5 Å². The van der Waals surface area contributed by atoms with Gasteiger partial charge in [0.15, 0.2) is 0 Å². The molecule has 0 radical (unpaired) electrons. The van der Waals surface area contributed by atoms with E-state index in [0.29, 0.717) is 38.0 Å². The van der Waals surface area contributed by atoms with Crippen LogP contribution in [0.3, 0.4) is 0 Å². The average Bonchev–Trinajstić information content (AvgIpc) is 3.43. The van der Waals surface area contributed by atoms with Gasteiger partial charge in [0.25, 0.3) is 5.91 Å². The topological polar surface area (TPSA) is 101 Å². The predicted octanol–water partition coefficient (Wildman–Crippen LogP) is 2.81. The van der Waals surface area contributed by atoms with E-state index in [1.165, 1.54) is 0 Å². The van der Waals surface area contributed by atoms with Gasteiger partial charge >= 0.3 is 6.09 Å². The molecule has 1 aromatic heterocycles. The Kier molecular flexibility index (Phi) is 4.92. The maximum Gasteiger partial charge on any atom is 0.410 e. The first-order valence-corrected chi connectivity index (χ1v) is 11.3. The molecule has 1 spiro atoms. The van der Waals surface area contributed by atoms with Crippen molar-refractivity contribution in [3.05, 3.63) is 58.9 Å². The molecule has 2 atom stereocenters. The highest BCUT2D eigenvalue weighted by molar-refractivity contribution is 6.07. The third-order valence-corrected chi connectivity index (χ3v) is 6.60. The molecule has 1 saturated heterocycles. The molecule has 1 aliphatic carbocycles. The lowest BCUT2D eigenvalue weighted by atomic mass is 9.79. The van der Waals surface area contributed by atoms with Crippen molar-refractivity contribution in [3.8, 4) is 0 Å². The van der Waals surface area contributed by atoms with Gasteiger partial charge in [0, 0.05) is 31.0 Å². The van der Waals surface area contributed by atoms with Crippen LogP contribution < -0.4 is 10.6 Å². The number of benzene rings is 1. The molecule has 5 rings (SSSR count). The molecule has 1 aromatic carbocycles. The zero-order chi connectivity index (χ0) is 23.4. The fourth-order valence-electron chi connectivity index (χ4n) is 5.04. The number of hydrogen-bond donors (Lipinski definition) is 2. The lowest BCUT2D eigenvalue weighted by Crippen LogP contribution is -2.40. The maximum absolute atomic E-state index is 12.9. The summed E-state index contributed by atoms with van der Waals surface area (Å²) in [4.78, 5) is 44.1. The standard InChI is InChI=1S/C25H28N4O4/c1-24(2,3)33-23(32)29-9-8-17(14-29)27-21(30)20-10-15-11-25(12-16(15)13-26-20)18-6-4-5-7-19(18)28-22(25)31/h4-7,10,13,17H,8-9,11-12,14H2,1-3H3,(H,27,30)(H,28,31). The molecule has 2 N–H and O–H groups in total. The van der Waals surface area contributed by atoms with Crippen LogP contribution in [0.4, 0.5) is 10.5 Å². The lowest BCUT2D eigenvalue weighted by Gasteiger charge is -2.24. The normalized spacial score (nSPS) is 23.3. The molecule has 0 saturated carbocycles. The van der Waals surface area contributed by atoms with E-state index in [9.17, 15) is 14.4 Å². The van der Waals surface area contributed by atoms with Gasteiger partial charge in [0.2, 0.25) is 5.91 Å². The minimum atomic E-state index is -0.630. The van der Waals surface area contributed by atoms with Gasteiger partial charge in [-0.1, -0.05) is 18.2 Å². The van der Waals surface area contributed by atoms with E-state index < -0.39 is 11.0 Å². The fraction of sp³-hybridized carbons (Fsp3) is 0.440. The number of hydrogen-bond acceptors (Lipinski definition) is 5. The predicted molar refractivity (Wildman–Crippen MR) is 122 cm³/mol. The molecule has 3 heterocycles. The Balaban J connectivity index is 1.26. The summed E-state index contributed by atoms with van der Waals surface area (Å²) in [5, 5.41) is 5.99. The molecule has 2 unspecified atom stereocenters. The SMILES string of the molecule is CC(C)(C)OC(=O)N1CCC(NC(=O)c2cc3c(cn2)CC2(C3)C(=O)Nc3ccccc32)C1. The first-order valence-electron chi connectivity index (χ1n) is 11.3. The van der Waals surface area contributed by atoms with Gasteiger partial charge in [0.1, 0.15) is 11.3 Å².